The smallest absolute Gasteiger partial charge is 0.407 e. The summed E-state index contributed by atoms with van der Waals surface area (Å²) in [5.74, 6) is 0.427. The quantitative estimate of drug-likeness (QED) is 0.214. The van der Waals surface area contributed by atoms with Gasteiger partial charge in [0.1, 0.15) is 12.2 Å². The van der Waals surface area contributed by atoms with E-state index in [9.17, 15) is 9.59 Å². The fourth-order valence-corrected chi connectivity index (χ4v) is 3.17. The first-order valence-corrected chi connectivity index (χ1v) is 11.5. The van der Waals surface area contributed by atoms with E-state index in [0.717, 1.165) is 50.6 Å². The van der Waals surface area contributed by atoms with E-state index in [-0.39, 0.29) is 18.2 Å². The zero-order valence-corrected chi connectivity index (χ0v) is 20.4. The molecule has 0 aromatic heterocycles. The van der Waals surface area contributed by atoms with Crippen LogP contribution in [0.5, 0.6) is 0 Å². The second kappa shape index (κ2) is 16.8. The molecule has 0 rings (SSSR count). The van der Waals surface area contributed by atoms with Crippen LogP contribution in [0.3, 0.4) is 0 Å². The molecule has 8 nitrogen and oxygen atoms in total. The lowest BCUT2D eigenvalue weighted by molar-refractivity contribution is 0.0527. The highest BCUT2D eigenvalue weighted by Crippen LogP contribution is 2.15. The zero-order valence-electron chi connectivity index (χ0n) is 20.4. The monoisotopic (exact) mass is 442 g/mol. The van der Waals surface area contributed by atoms with Crippen LogP contribution in [0, 0.1) is 5.92 Å². The number of nitrogens with one attached hydrogen (secondary N) is 3. The molecule has 31 heavy (non-hydrogen) atoms. The molecular weight excluding hydrogens is 396 g/mol. The molecule has 0 fully saturated rings. The molecule has 0 heterocycles. The summed E-state index contributed by atoms with van der Waals surface area (Å²) in [5, 5.41) is 8.92. The Kier molecular flexibility index (Phi) is 15.9. The summed E-state index contributed by atoms with van der Waals surface area (Å²) >= 11 is 0. The lowest BCUT2D eigenvalue weighted by Crippen LogP contribution is -2.37. The van der Waals surface area contributed by atoms with Crippen LogP contribution in [0.1, 0.15) is 73.1 Å². The SMILES string of the molecule is C=C(CN)CC(C)CC(COC(=O)NCCCCCCNC(=O)OC(C)(C)C)NCC. The van der Waals surface area contributed by atoms with Crippen molar-refractivity contribution in [3.05, 3.63) is 12.2 Å². The van der Waals surface area contributed by atoms with Gasteiger partial charge in [0.15, 0.2) is 0 Å². The van der Waals surface area contributed by atoms with Gasteiger partial charge < -0.3 is 31.2 Å². The van der Waals surface area contributed by atoms with Gasteiger partial charge in [-0.3, -0.25) is 0 Å². The van der Waals surface area contributed by atoms with Crippen LogP contribution in [0.2, 0.25) is 0 Å². The minimum atomic E-state index is -0.477. The number of ether oxygens (including phenoxy) is 2. The van der Waals surface area contributed by atoms with Gasteiger partial charge >= 0.3 is 12.2 Å². The summed E-state index contributed by atoms with van der Waals surface area (Å²) < 4.78 is 10.6. The maximum atomic E-state index is 11.9. The van der Waals surface area contributed by atoms with Crippen LogP contribution in [-0.2, 0) is 9.47 Å². The van der Waals surface area contributed by atoms with Crippen molar-refractivity contribution >= 4 is 12.2 Å². The first-order chi connectivity index (χ1) is 14.6. The van der Waals surface area contributed by atoms with E-state index >= 15 is 0 Å². The second-order valence-corrected chi connectivity index (χ2v) is 9.12. The molecule has 5 N–H and O–H groups in total. The fraction of sp³-hybridized carbons (Fsp3) is 0.826. The maximum Gasteiger partial charge on any atom is 0.407 e. The Balaban J connectivity index is 3.83. The van der Waals surface area contributed by atoms with E-state index in [1.807, 2.05) is 27.7 Å². The van der Waals surface area contributed by atoms with E-state index in [4.69, 9.17) is 15.2 Å². The van der Waals surface area contributed by atoms with Gasteiger partial charge in [-0.2, -0.15) is 0 Å². The Labute approximate surface area is 189 Å². The van der Waals surface area contributed by atoms with Crippen LogP contribution >= 0.6 is 0 Å². The predicted octanol–water partition coefficient (Wildman–Crippen LogP) is 3.71. The molecule has 2 atom stereocenters. The number of rotatable bonds is 16. The van der Waals surface area contributed by atoms with E-state index in [2.05, 4.69) is 29.5 Å². The van der Waals surface area contributed by atoms with E-state index in [1.54, 1.807) is 0 Å². The molecule has 8 heteroatoms. The number of likely N-dealkylation sites (N-methyl/N-ethyl adjacent to an activating group) is 1. The summed E-state index contributed by atoms with van der Waals surface area (Å²) in [6.07, 6.45) is 4.72. The summed E-state index contributed by atoms with van der Waals surface area (Å²) in [5.41, 5.74) is 6.18. The lowest BCUT2D eigenvalue weighted by atomic mass is 9.95. The third-order valence-corrected chi connectivity index (χ3v) is 4.56. The highest BCUT2D eigenvalue weighted by molar-refractivity contribution is 5.67. The first-order valence-electron chi connectivity index (χ1n) is 11.5. The first kappa shape index (κ1) is 29.2. The Hall–Kier alpha value is -1.80. The minimum absolute atomic E-state index is 0.119. The Bertz CT molecular complexity index is 520. The van der Waals surface area contributed by atoms with Crippen molar-refractivity contribution in [3.63, 3.8) is 0 Å². The molecule has 0 bridgehead atoms. The van der Waals surface area contributed by atoms with E-state index in [1.165, 1.54) is 0 Å². The van der Waals surface area contributed by atoms with Gasteiger partial charge in [-0.25, -0.2) is 9.59 Å². The molecule has 0 aromatic rings. The molecule has 0 saturated carbocycles. The van der Waals surface area contributed by atoms with Crippen LogP contribution < -0.4 is 21.7 Å². The van der Waals surface area contributed by atoms with Crippen molar-refractivity contribution in [1.29, 1.82) is 0 Å². The maximum absolute atomic E-state index is 11.9. The number of alkyl carbamates (subject to hydrolysis) is 2. The predicted molar refractivity (Wildman–Crippen MR) is 126 cm³/mol. The van der Waals surface area contributed by atoms with Crippen molar-refractivity contribution in [3.8, 4) is 0 Å². The number of carbonyl (C=O) groups excluding carboxylic acids is 2. The number of nitrogens with two attached hydrogens (primary N) is 1. The van der Waals surface area contributed by atoms with Crippen molar-refractivity contribution in [2.45, 2.75) is 84.8 Å². The van der Waals surface area contributed by atoms with Gasteiger partial charge in [-0.1, -0.05) is 38.8 Å². The molecule has 2 amide bonds. The number of unbranched alkanes of at least 4 members (excludes halogenated alkanes) is 3. The van der Waals surface area contributed by atoms with Crippen molar-refractivity contribution in [2.75, 3.05) is 32.8 Å². The Morgan fingerprint density at radius 1 is 1.03 bits per heavy atom. The summed E-state index contributed by atoms with van der Waals surface area (Å²) in [6.45, 7) is 16.5. The second-order valence-electron chi connectivity index (χ2n) is 9.12. The molecular formula is C23H46N4O4. The van der Waals surface area contributed by atoms with Gasteiger partial charge in [0.05, 0.1) is 0 Å². The van der Waals surface area contributed by atoms with Crippen LogP contribution in [-0.4, -0.2) is 56.6 Å². The van der Waals surface area contributed by atoms with Gasteiger partial charge in [0.2, 0.25) is 0 Å². The largest absolute Gasteiger partial charge is 0.448 e. The zero-order chi connectivity index (χ0) is 23.7. The molecule has 0 aliphatic rings. The van der Waals surface area contributed by atoms with Crippen molar-refractivity contribution in [1.82, 2.24) is 16.0 Å². The normalized spacial score (nSPS) is 13.2. The number of hydrogen-bond donors (Lipinski definition) is 4. The molecule has 182 valence electrons. The summed E-state index contributed by atoms with van der Waals surface area (Å²) in [7, 11) is 0. The number of amides is 2. The van der Waals surface area contributed by atoms with Crippen LogP contribution in [0.25, 0.3) is 0 Å². The topological polar surface area (TPSA) is 115 Å². The Morgan fingerprint density at radius 3 is 2.13 bits per heavy atom. The van der Waals surface area contributed by atoms with Gasteiger partial charge in [-0.15, -0.1) is 0 Å². The third-order valence-electron chi connectivity index (χ3n) is 4.56. The van der Waals surface area contributed by atoms with Gasteiger partial charge in [0.25, 0.3) is 0 Å². The van der Waals surface area contributed by atoms with E-state index < -0.39 is 5.60 Å². The molecule has 0 aromatic carbocycles. The molecule has 0 aliphatic carbocycles. The average molecular weight is 443 g/mol. The van der Waals surface area contributed by atoms with Crippen molar-refractivity contribution < 1.29 is 19.1 Å². The molecule has 2 unspecified atom stereocenters. The number of hydrogen-bond acceptors (Lipinski definition) is 6. The van der Waals surface area contributed by atoms with E-state index in [0.29, 0.717) is 32.2 Å². The van der Waals surface area contributed by atoms with Gasteiger partial charge in [0, 0.05) is 25.7 Å². The molecule has 0 radical (unpaired) electrons. The Morgan fingerprint density at radius 2 is 1.61 bits per heavy atom. The minimum Gasteiger partial charge on any atom is -0.448 e. The third kappa shape index (κ3) is 18.7. The average Bonchev–Trinajstić information content (AvgIpc) is 2.66. The highest BCUT2D eigenvalue weighted by Gasteiger charge is 2.16. The van der Waals surface area contributed by atoms with Gasteiger partial charge in [-0.05, 0) is 58.9 Å². The highest BCUT2D eigenvalue weighted by atomic mass is 16.6. The fourth-order valence-electron chi connectivity index (χ4n) is 3.17. The summed E-state index contributed by atoms with van der Waals surface area (Å²) in [4.78, 5) is 23.5. The molecule has 0 aliphatic heterocycles. The molecule has 0 saturated heterocycles. The molecule has 0 spiro atoms. The standard InChI is InChI=1S/C23H46N4O4/c1-7-25-20(15-18(2)14-19(3)16-24)17-30-21(28)26-12-10-8-9-11-13-27-22(29)31-23(4,5)6/h18,20,25H,3,7-17,24H2,1-2,4-6H3,(H,26,28)(H,27,29). The van der Waals surface area contributed by atoms with Crippen LogP contribution in [0.4, 0.5) is 9.59 Å². The summed E-state index contributed by atoms with van der Waals surface area (Å²) in [6, 6.07) is 0.119. The number of carbonyl (C=O) groups is 2. The van der Waals surface area contributed by atoms with Crippen LogP contribution in [0.15, 0.2) is 12.2 Å². The van der Waals surface area contributed by atoms with Crippen molar-refractivity contribution in [2.24, 2.45) is 11.7 Å². The lowest BCUT2D eigenvalue weighted by Gasteiger charge is -2.22.